The summed E-state index contributed by atoms with van der Waals surface area (Å²) in [5.41, 5.74) is 7.39. The summed E-state index contributed by atoms with van der Waals surface area (Å²) in [5.74, 6) is 1.70. The maximum atomic E-state index is 6.10. The van der Waals surface area contributed by atoms with Gasteiger partial charge in [-0.1, -0.05) is 15.9 Å². The van der Waals surface area contributed by atoms with Gasteiger partial charge in [-0.05, 0) is 55.4 Å². The van der Waals surface area contributed by atoms with Gasteiger partial charge in [-0.25, -0.2) is 0 Å². The minimum atomic E-state index is 0.373. The van der Waals surface area contributed by atoms with E-state index < -0.39 is 0 Å². The number of benzene rings is 1. The van der Waals surface area contributed by atoms with E-state index in [9.17, 15) is 0 Å². The second-order valence-corrected chi connectivity index (χ2v) is 5.35. The van der Waals surface area contributed by atoms with Gasteiger partial charge in [0.2, 0.25) is 0 Å². The Labute approximate surface area is 105 Å². The van der Waals surface area contributed by atoms with Crippen molar-refractivity contribution in [2.75, 3.05) is 7.11 Å². The highest BCUT2D eigenvalue weighted by molar-refractivity contribution is 9.10. The lowest BCUT2D eigenvalue weighted by Crippen LogP contribution is -2.22. The third-order valence-corrected chi connectivity index (χ3v) is 4.00. The minimum Gasteiger partial charge on any atom is -0.497 e. The smallest absolute Gasteiger partial charge is 0.119 e. The number of methoxy groups -OCH3 is 1. The predicted octanol–water partition coefficient (Wildman–Crippen LogP) is 3.13. The summed E-state index contributed by atoms with van der Waals surface area (Å²) in [5, 5.41) is 0. The SMILES string of the molecule is COc1ccc(Br)c(CCC(N)C2CC2)c1. The molecular formula is C13H18BrNO. The van der Waals surface area contributed by atoms with E-state index in [1.165, 1.54) is 18.4 Å². The summed E-state index contributed by atoms with van der Waals surface area (Å²) in [7, 11) is 1.70. The Hall–Kier alpha value is -0.540. The van der Waals surface area contributed by atoms with Crippen molar-refractivity contribution in [3.8, 4) is 5.75 Å². The standard InChI is InChI=1S/C13H18BrNO/c1-16-11-5-6-12(14)10(8-11)4-7-13(15)9-2-3-9/h5-6,8-9,13H,2-4,7,15H2,1H3. The third kappa shape index (κ3) is 2.98. The first-order chi connectivity index (χ1) is 7.70. The Kier molecular flexibility index (Phi) is 3.87. The van der Waals surface area contributed by atoms with E-state index in [1.807, 2.05) is 12.1 Å². The second-order valence-electron chi connectivity index (χ2n) is 4.50. The van der Waals surface area contributed by atoms with Crippen LogP contribution in [0.25, 0.3) is 0 Å². The van der Waals surface area contributed by atoms with Crippen molar-refractivity contribution in [3.05, 3.63) is 28.2 Å². The summed E-state index contributed by atoms with van der Waals surface area (Å²) < 4.78 is 6.37. The molecule has 0 bridgehead atoms. The number of aryl methyl sites for hydroxylation is 1. The van der Waals surface area contributed by atoms with Gasteiger partial charge in [0.05, 0.1) is 7.11 Å². The highest BCUT2D eigenvalue weighted by Crippen LogP contribution is 2.34. The van der Waals surface area contributed by atoms with E-state index in [0.29, 0.717) is 6.04 Å². The highest BCUT2D eigenvalue weighted by atomic mass is 79.9. The molecule has 1 saturated carbocycles. The molecule has 0 saturated heterocycles. The molecule has 0 radical (unpaired) electrons. The molecule has 1 aliphatic carbocycles. The van der Waals surface area contributed by atoms with Crippen molar-refractivity contribution in [2.45, 2.75) is 31.7 Å². The van der Waals surface area contributed by atoms with Crippen molar-refractivity contribution >= 4 is 15.9 Å². The summed E-state index contributed by atoms with van der Waals surface area (Å²) >= 11 is 3.57. The van der Waals surface area contributed by atoms with Gasteiger partial charge >= 0.3 is 0 Å². The first-order valence-electron chi connectivity index (χ1n) is 5.78. The Morgan fingerprint density at radius 3 is 2.88 bits per heavy atom. The molecule has 0 aliphatic heterocycles. The molecule has 3 heteroatoms. The number of hydrogen-bond acceptors (Lipinski definition) is 2. The summed E-state index contributed by atoms with van der Waals surface area (Å²) in [4.78, 5) is 0. The van der Waals surface area contributed by atoms with Crippen LogP contribution in [0.4, 0.5) is 0 Å². The van der Waals surface area contributed by atoms with Gasteiger partial charge in [0.25, 0.3) is 0 Å². The number of ether oxygens (including phenoxy) is 1. The molecule has 88 valence electrons. The zero-order valence-corrected chi connectivity index (χ0v) is 11.2. The van der Waals surface area contributed by atoms with Crippen LogP contribution < -0.4 is 10.5 Å². The average molecular weight is 284 g/mol. The lowest BCUT2D eigenvalue weighted by molar-refractivity contribution is 0.414. The summed E-state index contributed by atoms with van der Waals surface area (Å²) in [6, 6.07) is 6.47. The van der Waals surface area contributed by atoms with Crippen molar-refractivity contribution in [3.63, 3.8) is 0 Å². The highest BCUT2D eigenvalue weighted by Gasteiger charge is 2.27. The first-order valence-corrected chi connectivity index (χ1v) is 6.58. The van der Waals surface area contributed by atoms with E-state index in [4.69, 9.17) is 10.5 Å². The van der Waals surface area contributed by atoms with Gasteiger partial charge in [0, 0.05) is 10.5 Å². The molecular weight excluding hydrogens is 266 g/mol. The normalized spacial score (nSPS) is 17.2. The van der Waals surface area contributed by atoms with Crippen LogP contribution in [-0.2, 0) is 6.42 Å². The summed E-state index contributed by atoms with van der Waals surface area (Å²) in [6.45, 7) is 0. The fourth-order valence-electron chi connectivity index (χ4n) is 1.95. The zero-order valence-electron chi connectivity index (χ0n) is 9.58. The van der Waals surface area contributed by atoms with Crippen LogP contribution in [0.1, 0.15) is 24.8 Å². The van der Waals surface area contributed by atoms with Gasteiger partial charge < -0.3 is 10.5 Å². The van der Waals surface area contributed by atoms with Crippen molar-refractivity contribution < 1.29 is 4.74 Å². The maximum Gasteiger partial charge on any atom is 0.119 e. The van der Waals surface area contributed by atoms with Gasteiger partial charge in [-0.2, -0.15) is 0 Å². The Morgan fingerprint density at radius 1 is 1.50 bits per heavy atom. The van der Waals surface area contributed by atoms with Crippen molar-refractivity contribution in [2.24, 2.45) is 11.7 Å². The monoisotopic (exact) mass is 283 g/mol. The van der Waals surface area contributed by atoms with Crippen LogP contribution in [0.2, 0.25) is 0 Å². The molecule has 1 unspecified atom stereocenters. The van der Waals surface area contributed by atoms with Crippen LogP contribution in [0, 0.1) is 5.92 Å². The fourth-order valence-corrected chi connectivity index (χ4v) is 2.40. The molecule has 1 aromatic carbocycles. The van der Waals surface area contributed by atoms with E-state index in [1.54, 1.807) is 7.11 Å². The van der Waals surface area contributed by atoms with Gasteiger partial charge in [-0.3, -0.25) is 0 Å². The molecule has 2 rings (SSSR count). The topological polar surface area (TPSA) is 35.2 Å². The zero-order chi connectivity index (χ0) is 11.5. The average Bonchev–Trinajstić information content (AvgIpc) is 3.11. The molecule has 0 spiro atoms. The summed E-state index contributed by atoms with van der Waals surface area (Å²) in [6.07, 6.45) is 4.73. The fraction of sp³-hybridized carbons (Fsp3) is 0.538. The molecule has 0 amide bonds. The van der Waals surface area contributed by atoms with E-state index in [-0.39, 0.29) is 0 Å². The third-order valence-electron chi connectivity index (χ3n) is 3.23. The molecule has 0 heterocycles. The largest absolute Gasteiger partial charge is 0.497 e. The molecule has 16 heavy (non-hydrogen) atoms. The lowest BCUT2D eigenvalue weighted by atomic mass is 10.0. The molecule has 1 aliphatic rings. The molecule has 1 atom stereocenters. The van der Waals surface area contributed by atoms with Crippen molar-refractivity contribution in [1.29, 1.82) is 0 Å². The number of halogens is 1. The lowest BCUT2D eigenvalue weighted by Gasteiger charge is -2.11. The molecule has 0 aromatic heterocycles. The van der Waals surface area contributed by atoms with E-state index in [0.717, 1.165) is 29.0 Å². The Morgan fingerprint density at radius 2 is 2.25 bits per heavy atom. The van der Waals surface area contributed by atoms with Crippen LogP contribution in [0.15, 0.2) is 22.7 Å². The quantitative estimate of drug-likeness (QED) is 0.901. The number of nitrogens with two attached hydrogens (primary N) is 1. The number of rotatable bonds is 5. The van der Waals surface area contributed by atoms with Crippen LogP contribution in [-0.4, -0.2) is 13.2 Å². The maximum absolute atomic E-state index is 6.10. The van der Waals surface area contributed by atoms with Gasteiger partial charge in [0.15, 0.2) is 0 Å². The molecule has 2 nitrogen and oxygen atoms in total. The van der Waals surface area contributed by atoms with Crippen molar-refractivity contribution in [1.82, 2.24) is 0 Å². The predicted molar refractivity (Wildman–Crippen MR) is 69.7 cm³/mol. The van der Waals surface area contributed by atoms with E-state index in [2.05, 4.69) is 22.0 Å². The Balaban J connectivity index is 1.96. The Bertz CT molecular complexity index is 363. The first kappa shape index (κ1) is 11.9. The molecule has 1 fully saturated rings. The van der Waals surface area contributed by atoms with E-state index >= 15 is 0 Å². The van der Waals surface area contributed by atoms with Gasteiger partial charge in [-0.15, -0.1) is 0 Å². The van der Waals surface area contributed by atoms with Crippen LogP contribution >= 0.6 is 15.9 Å². The molecule has 2 N–H and O–H groups in total. The van der Waals surface area contributed by atoms with Crippen LogP contribution in [0.5, 0.6) is 5.75 Å². The van der Waals surface area contributed by atoms with Gasteiger partial charge in [0.1, 0.15) is 5.75 Å². The molecule has 1 aromatic rings. The number of hydrogen-bond donors (Lipinski definition) is 1. The second kappa shape index (κ2) is 5.19. The minimum absolute atomic E-state index is 0.373. The van der Waals surface area contributed by atoms with Crippen LogP contribution in [0.3, 0.4) is 0 Å².